The number of aromatic nitrogens is 1. The Morgan fingerprint density at radius 3 is 2.44 bits per heavy atom. The minimum Gasteiger partial charge on any atom is -0.497 e. The van der Waals surface area contributed by atoms with E-state index in [4.69, 9.17) is 4.74 Å². The Morgan fingerprint density at radius 2 is 1.94 bits per heavy atom. The van der Waals surface area contributed by atoms with Crippen molar-refractivity contribution in [3.63, 3.8) is 0 Å². The minimum atomic E-state index is 0.195. The monoisotopic (exact) mass is 216 g/mol. The summed E-state index contributed by atoms with van der Waals surface area (Å²) in [5, 5.41) is 3.29. The van der Waals surface area contributed by atoms with Crippen molar-refractivity contribution in [1.82, 2.24) is 10.3 Å². The molecule has 0 aliphatic heterocycles. The van der Waals surface area contributed by atoms with Crippen molar-refractivity contribution in [2.45, 2.75) is 6.04 Å². The molecule has 2 N–H and O–H groups in total. The predicted molar refractivity (Wildman–Crippen MR) is 64.7 cm³/mol. The highest BCUT2D eigenvalue weighted by atomic mass is 16.5. The van der Waals surface area contributed by atoms with Crippen LogP contribution in [0.25, 0.3) is 0 Å². The van der Waals surface area contributed by atoms with Crippen LogP contribution in [-0.4, -0.2) is 19.1 Å². The zero-order valence-electron chi connectivity index (χ0n) is 9.53. The molecule has 2 rings (SSSR count). The molecule has 0 amide bonds. The molecule has 1 unspecified atom stereocenters. The summed E-state index contributed by atoms with van der Waals surface area (Å²) in [7, 11) is 3.63. The maximum Gasteiger partial charge on any atom is 0.118 e. The molecule has 1 aromatic carbocycles. The van der Waals surface area contributed by atoms with Gasteiger partial charge in [0.1, 0.15) is 5.75 Å². The molecule has 0 aliphatic carbocycles. The van der Waals surface area contributed by atoms with Gasteiger partial charge in [0.15, 0.2) is 0 Å². The lowest BCUT2D eigenvalue weighted by molar-refractivity contribution is 0.414. The molecule has 84 valence electrons. The number of H-pyrrole nitrogens is 1. The van der Waals surface area contributed by atoms with E-state index in [1.807, 2.05) is 31.4 Å². The SMILES string of the molecule is CNC(c1ccc(OC)cc1)c1ccc[nH]1. The summed E-state index contributed by atoms with van der Waals surface area (Å²) in [6.45, 7) is 0. The van der Waals surface area contributed by atoms with Gasteiger partial charge in [-0.05, 0) is 36.9 Å². The smallest absolute Gasteiger partial charge is 0.118 e. The third kappa shape index (κ3) is 2.09. The van der Waals surface area contributed by atoms with Gasteiger partial charge in [0.25, 0.3) is 0 Å². The summed E-state index contributed by atoms with van der Waals surface area (Å²) >= 11 is 0. The fraction of sp³-hybridized carbons (Fsp3) is 0.231. The second-order valence-corrected chi connectivity index (χ2v) is 3.62. The first-order valence-electron chi connectivity index (χ1n) is 5.29. The van der Waals surface area contributed by atoms with Gasteiger partial charge in [-0.3, -0.25) is 0 Å². The second-order valence-electron chi connectivity index (χ2n) is 3.62. The molecule has 16 heavy (non-hydrogen) atoms. The molecule has 1 atom stereocenters. The standard InChI is InChI=1S/C13H16N2O/c1-14-13(12-4-3-9-15-12)10-5-7-11(16-2)8-6-10/h3-9,13-15H,1-2H3. The van der Waals surface area contributed by atoms with E-state index >= 15 is 0 Å². The summed E-state index contributed by atoms with van der Waals surface area (Å²) in [4.78, 5) is 3.22. The number of hydrogen-bond acceptors (Lipinski definition) is 2. The molecule has 1 aromatic heterocycles. The molecule has 2 aromatic rings. The lowest BCUT2D eigenvalue weighted by Gasteiger charge is -2.15. The first kappa shape index (κ1) is 10.8. The Hall–Kier alpha value is -1.74. The fourth-order valence-electron chi connectivity index (χ4n) is 1.82. The van der Waals surface area contributed by atoms with Crippen LogP contribution < -0.4 is 10.1 Å². The number of methoxy groups -OCH3 is 1. The molecule has 0 radical (unpaired) electrons. The predicted octanol–water partition coefficient (Wildman–Crippen LogP) is 2.33. The van der Waals surface area contributed by atoms with Gasteiger partial charge in [-0.25, -0.2) is 0 Å². The lowest BCUT2D eigenvalue weighted by Crippen LogP contribution is -2.17. The van der Waals surface area contributed by atoms with E-state index in [1.165, 1.54) is 5.56 Å². The summed E-state index contributed by atoms with van der Waals surface area (Å²) < 4.78 is 5.15. The van der Waals surface area contributed by atoms with Gasteiger partial charge in [-0.2, -0.15) is 0 Å². The van der Waals surface area contributed by atoms with Crippen LogP contribution in [0.4, 0.5) is 0 Å². The first-order valence-corrected chi connectivity index (χ1v) is 5.29. The van der Waals surface area contributed by atoms with Crippen LogP contribution in [-0.2, 0) is 0 Å². The highest BCUT2D eigenvalue weighted by molar-refractivity contribution is 5.33. The Morgan fingerprint density at radius 1 is 1.19 bits per heavy atom. The zero-order valence-corrected chi connectivity index (χ0v) is 9.53. The first-order chi connectivity index (χ1) is 7.85. The minimum absolute atomic E-state index is 0.195. The second kappa shape index (κ2) is 4.86. The van der Waals surface area contributed by atoms with E-state index in [0.29, 0.717) is 0 Å². The van der Waals surface area contributed by atoms with E-state index in [-0.39, 0.29) is 6.04 Å². The van der Waals surface area contributed by atoms with Crippen LogP contribution in [0.2, 0.25) is 0 Å². The normalized spacial score (nSPS) is 12.4. The third-order valence-electron chi connectivity index (χ3n) is 2.67. The van der Waals surface area contributed by atoms with E-state index < -0.39 is 0 Å². The number of benzene rings is 1. The largest absolute Gasteiger partial charge is 0.497 e. The van der Waals surface area contributed by atoms with E-state index in [1.54, 1.807) is 7.11 Å². The van der Waals surface area contributed by atoms with Crippen molar-refractivity contribution in [3.05, 3.63) is 53.9 Å². The van der Waals surface area contributed by atoms with Gasteiger partial charge in [-0.15, -0.1) is 0 Å². The molecule has 0 bridgehead atoms. The van der Waals surface area contributed by atoms with Crippen molar-refractivity contribution < 1.29 is 4.74 Å². The lowest BCUT2D eigenvalue weighted by atomic mass is 10.0. The van der Waals surface area contributed by atoms with Crippen molar-refractivity contribution in [1.29, 1.82) is 0 Å². The average molecular weight is 216 g/mol. The molecule has 3 heteroatoms. The van der Waals surface area contributed by atoms with Gasteiger partial charge in [0.05, 0.1) is 13.2 Å². The number of rotatable bonds is 4. The van der Waals surface area contributed by atoms with Crippen LogP contribution >= 0.6 is 0 Å². The molecule has 0 spiro atoms. The summed E-state index contributed by atoms with van der Waals surface area (Å²) in [6.07, 6.45) is 1.93. The molecule has 0 saturated heterocycles. The Labute approximate surface area is 95.5 Å². The van der Waals surface area contributed by atoms with Crippen molar-refractivity contribution in [2.24, 2.45) is 0 Å². The number of hydrogen-bond donors (Lipinski definition) is 2. The van der Waals surface area contributed by atoms with Gasteiger partial charge in [0.2, 0.25) is 0 Å². The van der Waals surface area contributed by atoms with Crippen LogP contribution in [0.5, 0.6) is 5.75 Å². The van der Waals surface area contributed by atoms with Crippen LogP contribution in [0.3, 0.4) is 0 Å². The molecule has 0 saturated carbocycles. The maximum atomic E-state index is 5.15. The number of nitrogens with one attached hydrogen (secondary N) is 2. The molecular weight excluding hydrogens is 200 g/mol. The molecule has 0 fully saturated rings. The number of ether oxygens (including phenoxy) is 1. The fourth-order valence-corrected chi connectivity index (χ4v) is 1.82. The molecule has 3 nitrogen and oxygen atoms in total. The van der Waals surface area contributed by atoms with Gasteiger partial charge >= 0.3 is 0 Å². The van der Waals surface area contributed by atoms with Gasteiger partial charge in [0, 0.05) is 11.9 Å². The van der Waals surface area contributed by atoms with Crippen molar-refractivity contribution >= 4 is 0 Å². The van der Waals surface area contributed by atoms with Crippen molar-refractivity contribution in [2.75, 3.05) is 14.2 Å². The highest BCUT2D eigenvalue weighted by Crippen LogP contribution is 2.22. The van der Waals surface area contributed by atoms with Gasteiger partial charge in [-0.1, -0.05) is 12.1 Å². The molecular formula is C13H16N2O. The topological polar surface area (TPSA) is 37.0 Å². The third-order valence-corrected chi connectivity index (χ3v) is 2.67. The van der Waals surface area contributed by atoms with Gasteiger partial charge < -0.3 is 15.0 Å². The number of aromatic amines is 1. The van der Waals surface area contributed by atoms with Crippen molar-refractivity contribution in [3.8, 4) is 5.75 Å². The Bertz CT molecular complexity index is 420. The Balaban J connectivity index is 2.27. The molecule has 0 aliphatic rings. The Kier molecular flexibility index (Phi) is 3.27. The average Bonchev–Trinajstić information content (AvgIpc) is 2.85. The van der Waals surface area contributed by atoms with Crippen LogP contribution in [0.15, 0.2) is 42.6 Å². The highest BCUT2D eigenvalue weighted by Gasteiger charge is 2.11. The van der Waals surface area contributed by atoms with Crippen LogP contribution in [0.1, 0.15) is 17.3 Å². The van der Waals surface area contributed by atoms with E-state index in [0.717, 1.165) is 11.4 Å². The summed E-state index contributed by atoms with van der Waals surface area (Å²) in [5.74, 6) is 0.880. The summed E-state index contributed by atoms with van der Waals surface area (Å²) in [5.41, 5.74) is 2.37. The molecule has 1 heterocycles. The van der Waals surface area contributed by atoms with E-state index in [9.17, 15) is 0 Å². The zero-order chi connectivity index (χ0) is 11.4. The summed E-state index contributed by atoms with van der Waals surface area (Å²) in [6, 6.07) is 12.4. The van der Waals surface area contributed by atoms with E-state index in [2.05, 4.69) is 28.5 Å². The quantitative estimate of drug-likeness (QED) is 0.823. The van der Waals surface area contributed by atoms with Crippen LogP contribution in [0, 0.1) is 0 Å². The maximum absolute atomic E-state index is 5.15.